The first-order chi connectivity index (χ1) is 14.1. The minimum Gasteiger partial charge on any atom is -0.356 e. The van der Waals surface area contributed by atoms with Gasteiger partial charge < -0.3 is 10.2 Å². The minimum atomic E-state index is -0.159. The molecule has 1 N–H and O–H groups in total. The largest absolute Gasteiger partial charge is 0.356 e. The van der Waals surface area contributed by atoms with Crippen LogP contribution in [-0.4, -0.2) is 44.5 Å². The number of benzene rings is 1. The van der Waals surface area contributed by atoms with Gasteiger partial charge in [-0.1, -0.05) is 12.1 Å². The summed E-state index contributed by atoms with van der Waals surface area (Å²) >= 11 is 0. The van der Waals surface area contributed by atoms with Crippen molar-refractivity contribution in [1.82, 2.24) is 19.7 Å². The molecule has 1 aliphatic rings. The van der Waals surface area contributed by atoms with Crippen LogP contribution in [0, 0.1) is 5.92 Å². The van der Waals surface area contributed by atoms with Crippen LogP contribution in [-0.2, 0) is 4.79 Å². The molecule has 1 amide bonds. The predicted octanol–water partition coefficient (Wildman–Crippen LogP) is 2.72. The number of hydrogen-bond acceptors (Lipinski definition) is 6. The van der Waals surface area contributed by atoms with Crippen molar-refractivity contribution in [3.05, 3.63) is 60.7 Å². The number of anilines is 2. The standard InChI is InChI=1S/C21H22N6O2/c1-15(28)16-5-2-7-18(11-16)25-21(29)17-6-3-9-26(13-17)19-12-20(23-14-22-19)27-10-4-8-24-27/h2,4-5,7-8,10-12,14,17H,3,6,9,13H2,1H3,(H,25,29)/t17-/m1/s1. The highest BCUT2D eigenvalue weighted by Gasteiger charge is 2.27. The molecule has 3 aromatic rings. The van der Waals surface area contributed by atoms with E-state index in [-0.39, 0.29) is 17.6 Å². The zero-order valence-electron chi connectivity index (χ0n) is 16.2. The number of carbonyl (C=O) groups is 2. The summed E-state index contributed by atoms with van der Waals surface area (Å²) in [4.78, 5) is 35.1. The van der Waals surface area contributed by atoms with Crippen LogP contribution < -0.4 is 10.2 Å². The molecule has 4 rings (SSSR count). The highest BCUT2D eigenvalue weighted by molar-refractivity contribution is 5.97. The van der Waals surface area contributed by atoms with Gasteiger partial charge in [0, 0.05) is 42.8 Å². The van der Waals surface area contributed by atoms with E-state index in [1.54, 1.807) is 35.1 Å². The van der Waals surface area contributed by atoms with Crippen molar-refractivity contribution in [2.45, 2.75) is 19.8 Å². The monoisotopic (exact) mass is 390 g/mol. The van der Waals surface area contributed by atoms with E-state index in [1.165, 1.54) is 13.3 Å². The molecule has 0 unspecified atom stereocenters. The molecule has 1 saturated heterocycles. The maximum absolute atomic E-state index is 12.8. The Morgan fingerprint density at radius 3 is 2.79 bits per heavy atom. The Hall–Kier alpha value is -3.55. The summed E-state index contributed by atoms with van der Waals surface area (Å²) < 4.78 is 1.68. The van der Waals surface area contributed by atoms with Gasteiger partial charge in [0.15, 0.2) is 11.6 Å². The van der Waals surface area contributed by atoms with Gasteiger partial charge >= 0.3 is 0 Å². The van der Waals surface area contributed by atoms with Crippen LogP contribution in [0.1, 0.15) is 30.1 Å². The quantitative estimate of drug-likeness (QED) is 0.674. The molecule has 0 bridgehead atoms. The number of nitrogens with one attached hydrogen (secondary N) is 1. The fourth-order valence-electron chi connectivity index (χ4n) is 3.50. The Balaban J connectivity index is 1.46. The minimum absolute atomic E-state index is 0.0262. The Kier molecular flexibility index (Phi) is 5.33. The fraction of sp³-hybridized carbons (Fsp3) is 0.286. The SMILES string of the molecule is CC(=O)c1cccc(NC(=O)[C@@H]2CCCN(c3cc(-n4cccn4)ncn3)C2)c1. The molecule has 8 nitrogen and oxygen atoms in total. The van der Waals surface area contributed by atoms with Crippen molar-refractivity contribution in [1.29, 1.82) is 0 Å². The summed E-state index contributed by atoms with van der Waals surface area (Å²) in [6.45, 7) is 2.92. The van der Waals surface area contributed by atoms with Crippen LogP contribution in [0.15, 0.2) is 55.1 Å². The van der Waals surface area contributed by atoms with Crippen LogP contribution in [0.5, 0.6) is 0 Å². The Bertz CT molecular complexity index is 1020. The van der Waals surface area contributed by atoms with Gasteiger partial charge in [-0.2, -0.15) is 5.10 Å². The second-order valence-corrected chi connectivity index (χ2v) is 7.10. The molecule has 148 valence electrons. The molecule has 2 aromatic heterocycles. The molecule has 8 heteroatoms. The maximum Gasteiger partial charge on any atom is 0.229 e. The second-order valence-electron chi connectivity index (χ2n) is 7.10. The van der Waals surface area contributed by atoms with Crippen molar-refractivity contribution in [3.8, 4) is 5.82 Å². The molecule has 0 radical (unpaired) electrons. The first-order valence-corrected chi connectivity index (χ1v) is 9.59. The summed E-state index contributed by atoms with van der Waals surface area (Å²) in [6.07, 6.45) is 6.75. The third kappa shape index (κ3) is 4.31. The number of Topliss-reactive ketones (excluding diaryl/α,β-unsaturated/α-hetero) is 1. The summed E-state index contributed by atoms with van der Waals surface area (Å²) in [5, 5.41) is 7.15. The predicted molar refractivity (Wildman–Crippen MR) is 109 cm³/mol. The van der Waals surface area contributed by atoms with E-state index in [9.17, 15) is 9.59 Å². The van der Waals surface area contributed by atoms with Gasteiger partial charge in [0.05, 0.1) is 5.92 Å². The molecular formula is C21H22N6O2. The number of ketones is 1. The number of nitrogens with zero attached hydrogens (tertiary/aromatic N) is 5. The Labute approximate surface area is 168 Å². The lowest BCUT2D eigenvalue weighted by Gasteiger charge is -2.32. The van der Waals surface area contributed by atoms with E-state index in [4.69, 9.17) is 0 Å². The van der Waals surface area contributed by atoms with E-state index in [0.29, 0.717) is 23.6 Å². The van der Waals surface area contributed by atoms with Gasteiger partial charge in [0.1, 0.15) is 12.1 Å². The van der Waals surface area contributed by atoms with Crippen molar-refractivity contribution in [3.63, 3.8) is 0 Å². The molecule has 0 saturated carbocycles. The third-order valence-electron chi connectivity index (χ3n) is 5.03. The lowest BCUT2D eigenvalue weighted by Crippen LogP contribution is -2.41. The van der Waals surface area contributed by atoms with E-state index in [1.807, 2.05) is 18.3 Å². The number of hydrogen-bond donors (Lipinski definition) is 1. The first kappa shape index (κ1) is 18.8. The van der Waals surface area contributed by atoms with Crippen molar-refractivity contribution < 1.29 is 9.59 Å². The van der Waals surface area contributed by atoms with Gasteiger partial charge in [-0.15, -0.1) is 0 Å². The molecule has 1 fully saturated rings. The average Bonchev–Trinajstić information content (AvgIpc) is 3.29. The Morgan fingerprint density at radius 1 is 1.14 bits per heavy atom. The molecule has 0 spiro atoms. The van der Waals surface area contributed by atoms with E-state index in [0.717, 1.165) is 25.2 Å². The van der Waals surface area contributed by atoms with Crippen molar-refractivity contribution in [2.24, 2.45) is 5.92 Å². The average molecular weight is 390 g/mol. The van der Waals surface area contributed by atoms with Crippen molar-refractivity contribution >= 4 is 23.2 Å². The topological polar surface area (TPSA) is 93.0 Å². The molecule has 0 aliphatic carbocycles. The lowest BCUT2D eigenvalue weighted by molar-refractivity contribution is -0.120. The normalized spacial score (nSPS) is 16.4. The lowest BCUT2D eigenvalue weighted by atomic mass is 9.97. The summed E-state index contributed by atoms with van der Waals surface area (Å²) in [7, 11) is 0. The Morgan fingerprint density at radius 2 is 2.00 bits per heavy atom. The van der Waals surface area contributed by atoms with Crippen LogP contribution >= 0.6 is 0 Å². The van der Waals surface area contributed by atoms with Gasteiger partial charge in [-0.3, -0.25) is 9.59 Å². The number of rotatable bonds is 5. The first-order valence-electron chi connectivity index (χ1n) is 9.59. The van der Waals surface area contributed by atoms with Gasteiger partial charge in [-0.05, 0) is 38.0 Å². The maximum atomic E-state index is 12.8. The summed E-state index contributed by atoms with van der Waals surface area (Å²) in [6, 6.07) is 10.7. The van der Waals surface area contributed by atoms with Crippen LogP contribution in [0.25, 0.3) is 5.82 Å². The number of amides is 1. The van der Waals surface area contributed by atoms with Crippen molar-refractivity contribution in [2.75, 3.05) is 23.3 Å². The summed E-state index contributed by atoms with van der Waals surface area (Å²) in [5.74, 6) is 1.24. The third-order valence-corrected chi connectivity index (χ3v) is 5.03. The zero-order chi connectivity index (χ0) is 20.2. The van der Waals surface area contributed by atoms with Gasteiger partial charge in [-0.25, -0.2) is 14.6 Å². The fourth-order valence-corrected chi connectivity index (χ4v) is 3.50. The van der Waals surface area contributed by atoms with Gasteiger partial charge in [0.2, 0.25) is 5.91 Å². The van der Waals surface area contributed by atoms with E-state index >= 15 is 0 Å². The molecular weight excluding hydrogens is 368 g/mol. The number of carbonyl (C=O) groups excluding carboxylic acids is 2. The highest BCUT2D eigenvalue weighted by atomic mass is 16.2. The molecule has 1 aromatic carbocycles. The van der Waals surface area contributed by atoms with Crippen LogP contribution in [0.2, 0.25) is 0 Å². The van der Waals surface area contributed by atoms with E-state index < -0.39 is 0 Å². The zero-order valence-corrected chi connectivity index (χ0v) is 16.2. The van der Waals surface area contributed by atoms with Crippen LogP contribution in [0.4, 0.5) is 11.5 Å². The molecule has 1 aliphatic heterocycles. The molecule has 1 atom stereocenters. The van der Waals surface area contributed by atoms with Crippen LogP contribution in [0.3, 0.4) is 0 Å². The highest BCUT2D eigenvalue weighted by Crippen LogP contribution is 2.24. The smallest absolute Gasteiger partial charge is 0.229 e. The number of aromatic nitrogens is 4. The molecule has 3 heterocycles. The summed E-state index contributed by atoms with van der Waals surface area (Å²) in [5.41, 5.74) is 1.23. The number of piperidine rings is 1. The van der Waals surface area contributed by atoms with Gasteiger partial charge in [0.25, 0.3) is 0 Å². The second kappa shape index (κ2) is 8.22. The molecule has 29 heavy (non-hydrogen) atoms. The van der Waals surface area contributed by atoms with E-state index in [2.05, 4.69) is 25.3 Å².